The van der Waals surface area contributed by atoms with E-state index in [1.165, 1.54) is 19.3 Å². The number of halogens is 1. The molecule has 0 radical (unpaired) electrons. The van der Waals surface area contributed by atoms with Crippen LogP contribution in [0.25, 0.3) is 0 Å². The first-order chi connectivity index (χ1) is 4.22. The summed E-state index contributed by atoms with van der Waals surface area (Å²) in [6.45, 7) is 4.55. The van der Waals surface area contributed by atoms with Crippen molar-refractivity contribution in [3.8, 4) is 0 Å². The van der Waals surface area contributed by atoms with E-state index in [0.717, 1.165) is 11.8 Å². The first-order valence-electron chi connectivity index (χ1n) is 3.97. The van der Waals surface area contributed by atoms with Crippen LogP contribution in [0, 0.1) is 11.8 Å². The largest absolute Gasteiger partial charge is 0.327 e. The highest BCUT2D eigenvalue weighted by atomic mass is 35.5. The molecule has 0 spiro atoms. The molecule has 1 aliphatic carbocycles. The highest BCUT2D eigenvalue weighted by Gasteiger charge is 2.25. The lowest BCUT2D eigenvalue weighted by Crippen LogP contribution is -2.27. The van der Waals surface area contributed by atoms with Crippen LogP contribution in [0.1, 0.15) is 33.1 Å². The van der Waals surface area contributed by atoms with E-state index in [4.69, 9.17) is 5.73 Å². The fourth-order valence-corrected chi connectivity index (χ4v) is 1.85. The molecule has 0 aromatic carbocycles. The number of rotatable bonds is 1. The van der Waals surface area contributed by atoms with Crippen molar-refractivity contribution in [3.05, 3.63) is 0 Å². The Kier molecular flexibility index (Phi) is 4.30. The Hall–Kier alpha value is 0.250. The summed E-state index contributed by atoms with van der Waals surface area (Å²) in [6, 6.07) is 0.505. The zero-order valence-electron chi connectivity index (χ0n) is 6.84. The van der Waals surface area contributed by atoms with Crippen LogP contribution in [0.3, 0.4) is 0 Å². The maximum absolute atomic E-state index is 5.88. The second kappa shape index (κ2) is 4.20. The maximum atomic E-state index is 5.88. The van der Waals surface area contributed by atoms with Gasteiger partial charge < -0.3 is 5.73 Å². The van der Waals surface area contributed by atoms with Gasteiger partial charge in [-0.15, -0.1) is 12.4 Å². The first kappa shape index (κ1) is 10.2. The molecule has 2 N–H and O–H groups in total. The van der Waals surface area contributed by atoms with Crippen molar-refractivity contribution in [1.29, 1.82) is 0 Å². The van der Waals surface area contributed by atoms with Gasteiger partial charge in [0.15, 0.2) is 0 Å². The van der Waals surface area contributed by atoms with Gasteiger partial charge in [-0.2, -0.15) is 0 Å². The van der Waals surface area contributed by atoms with Gasteiger partial charge >= 0.3 is 0 Å². The highest BCUT2D eigenvalue weighted by Crippen LogP contribution is 2.29. The van der Waals surface area contributed by atoms with E-state index in [1.807, 2.05) is 0 Å². The Balaban J connectivity index is 0.000000810. The molecule has 1 nitrogen and oxygen atoms in total. The maximum Gasteiger partial charge on any atom is 0.00696 e. The van der Waals surface area contributed by atoms with E-state index in [9.17, 15) is 0 Å². The van der Waals surface area contributed by atoms with Crippen LogP contribution < -0.4 is 5.73 Å². The Morgan fingerprint density at radius 1 is 1.30 bits per heavy atom. The Labute approximate surface area is 69.8 Å². The van der Waals surface area contributed by atoms with E-state index >= 15 is 0 Å². The van der Waals surface area contributed by atoms with Crippen molar-refractivity contribution in [1.82, 2.24) is 0 Å². The molecule has 0 amide bonds. The van der Waals surface area contributed by atoms with Gasteiger partial charge in [-0.1, -0.05) is 20.3 Å². The lowest BCUT2D eigenvalue weighted by Gasteiger charge is -2.18. The molecule has 0 heterocycles. The topological polar surface area (TPSA) is 26.0 Å². The molecule has 0 bridgehead atoms. The fourth-order valence-electron chi connectivity index (χ4n) is 1.85. The van der Waals surface area contributed by atoms with Crippen molar-refractivity contribution in [3.63, 3.8) is 0 Å². The summed E-state index contributed by atoms with van der Waals surface area (Å²) >= 11 is 0. The Morgan fingerprint density at radius 3 is 2.10 bits per heavy atom. The molecule has 2 atom stereocenters. The monoisotopic (exact) mass is 163 g/mol. The van der Waals surface area contributed by atoms with E-state index in [2.05, 4.69) is 13.8 Å². The molecule has 62 valence electrons. The van der Waals surface area contributed by atoms with Crippen LogP contribution in [-0.4, -0.2) is 6.04 Å². The molecular formula is C8H18ClN. The van der Waals surface area contributed by atoms with Gasteiger partial charge in [0, 0.05) is 6.04 Å². The summed E-state index contributed by atoms with van der Waals surface area (Å²) in [5, 5.41) is 0. The molecule has 10 heavy (non-hydrogen) atoms. The number of nitrogens with two attached hydrogens (primary N) is 1. The third-order valence-electron chi connectivity index (χ3n) is 2.48. The zero-order chi connectivity index (χ0) is 6.85. The zero-order valence-corrected chi connectivity index (χ0v) is 7.66. The molecule has 0 aliphatic heterocycles. The van der Waals surface area contributed by atoms with Gasteiger partial charge in [-0.25, -0.2) is 0 Å². The molecule has 1 rings (SSSR count). The minimum absolute atomic E-state index is 0. The number of hydrogen-bond donors (Lipinski definition) is 1. The summed E-state index contributed by atoms with van der Waals surface area (Å²) < 4.78 is 0. The molecule has 2 heteroatoms. The summed E-state index contributed by atoms with van der Waals surface area (Å²) in [5.41, 5.74) is 5.88. The molecule has 1 fully saturated rings. The van der Waals surface area contributed by atoms with Crippen molar-refractivity contribution in [2.75, 3.05) is 0 Å². The van der Waals surface area contributed by atoms with Crippen LogP contribution in [0.15, 0.2) is 0 Å². The summed E-state index contributed by atoms with van der Waals surface area (Å²) in [5.74, 6) is 1.60. The van der Waals surface area contributed by atoms with Crippen LogP contribution in [0.4, 0.5) is 0 Å². The molecule has 0 saturated heterocycles. The summed E-state index contributed by atoms with van der Waals surface area (Å²) in [6.07, 6.45) is 3.96. The van der Waals surface area contributed by atoms with Crippen molar-refractivity contribution >= 4 is 12.4 Å². The number of hydrogen-bond acceptors (Lipinski definition) is 1. The average molecular weight is 164 g/mol. The quantitative estimate of drug-likeness (QED) is 0.630. The lowest BCUT2D eigenvalue weighted by atomic mass is 9.92. The van der Waals surface area contributed by atoms with Gasteiger partial charge in [-0.05, 0) is 24.7 Å². The van der Waals surface area contributed by atoms with Crippen molar-refractivity contribution in [2.45, 2.75) is 39.2 Å². The van der Waals surface area contributed by atoms with Crippen LogP contribution in [-0.2, 0) is 0 Å². The molecule has 1 saturated carbocycles. The van der Waals surface area contributed by atoms with Crippen molar-refractivity contribution < 1.29 is 0 Å². The van der Waals surface area contributed by atoms with Crippen LogP contribution in [0.5, 0.6) is 0 Å². The standard InChI is InChI=1S/C8H17N.ClH/c1-6(2)7-4-3-5-8(7)9;/h6-8H,3-5,9H2,1-2H3;1H/t7-,8+;/m0./s1. The molecule has 1 aliphatic rings. The minimum atomic E-state index is 0. The second-order valence-corrected chi connectivity index (χ2v) is 3.50. The van der Waals surface area contributed by atoms with E-state index in [0.29, 0.717) is 6.04 Å². The summed E-state index contributed by atoms with van der Waals surface area (Å²) in [7, 11) is 0. The first-order valence-corrected chi connectivity index (χ1v) is 3.97. The van der Waals surface area contributed by atoms with Crippen LogP contribution >= 0.6 is 12.4 Å². The molecule has 0 aromatic heterocycles. The second-order valence-electron chi connectivity index (χ2n) is 3.50. The summed E-state index contributed by atoms with van der Waals surface area (Å²) in [4.78, 5) is 0. The van der Waals surface area contributed by atoms with Gasteiger partial charge in [0.25, 0.3) is 0 Å². The third kappa shape index (κ3) is 2.14. The van der Waals surface area contributed by atoms with Gasteiger partial charge in [-0.3, -0.25) is 0 Å². The SMILES string of the molecule is CC(C)[C@@H]1CCC[C@H]1N.Cl. The normalized spacial score (nSPS) is 32.4. The minimum Gasteiger partial charge on any atom is -0.327 e. The molecule has 0 aromatic rings. The van der Waals surface area contributed by atoms with E-state index in [1.54, 1.807) is 0 Å². The predicted octanol–water partition coefficient (Wildman–Crippen LogP) is 2.19. The average Bonchev–Trinajstić information content (AvgIpc) is 2.13. The van der Waals surface area contributed by atoms with Crippen molar-refractivity contribution in [2.24, 2.45) is 17.6 Å². The lowest BCUT2D eigenvalue weighted by molar-refractivity contribution is 0.357. The van der Waals surface area contributed by atoms with Crippen LogP contribution in [0.2, 0.25) is 0 Å². The van der Waals surface area contributed by atoms with Gasteiger partial charge in [0.1, 0.15) is 0 Å². The Bertz CT molecular complexity index is 93.3. The van der Waals surface area contributed by atoms with Gasteiger partial charge in [0.05, 0.1) is 0 Å². The van der Waals surface area contributed by atoms with E-state index < -0.39 is 0 Å². The Morgan fingerprint density at radius 2 is 1.90 bits per heavy atom. The molecule has 0 unspecified atom stereocenters. The van der Waals surface area contributed by atoms with E-state index in [-0.39, 0.29) is 12.4 Å². The smallest absolute Gasteiger partial charge is 0.00696 e. The molecular weight excluding hydrogens is 146 g/mol. The fraction of sp³-hybridized carbons (Fsp3) is 1.00. The highest BCUT2D eigenvalue weighted by molar-refractivity contribution is 5.85. The third-order valence-corrected chi connectivity index (χ3v) is 2.48. The van der Waals surface area contributed by atoms with Gasteiger partial charge in [0.2, 0.25) is 0 Å². The predicted molar refractivity (Wildman–Crippen MR) is 47.4 cm³/mol.